The van der Waals surface area contributed by atoms with Gasteiger partial charge < -0.3 is 20.9 Å². The van der Waals surface area contributed by atoms with Crippen molar-refractivity contribution in [1.29, 1.82) is 0 Å². The van der Waals surface area contributed by atoms with E-state index < -0.39 is 35.2 Å². The smallest absolute Gasteiger partial charge is 0.352 e. The fourth-order valence-corrected chi connectivity index (χ4v) is 4.67. The number of carbonyl (C=O) groups is 4. The molecule has 3 rings (SSSR count). The van der Waals surface area contributed by atoms with E-state index in [9.17, 15) is 24.3 Å². The molecule has 2 amide bonds. The molecule has 1 fully saturated rings. The Hall–Kier alpha value is -2.60. The van der Waals surface area contributed by atoms with E-state index in [1.54, 1.807) is 5.38 Å². The number of nitrogens with one attached hydrogen (secondary N) is 1. The number of nitrogen functional groups attached to an aromatic ring is 1. The molecule has 12 heteroatoms. The Labute approximate surface area is 161 Å². The number of hydrogen-bond donors (Lipinski definition) is 3. The van der Waals surface area contributed by atoms with Crippen LogP contribution in [0, 0.1) is 0 Å². The average Bonchev–Trinajstić information content (AvgIpc) is 3.01. The maximum absolute atomic E-state index is 12.4. The highest BCUT2D eigenvalue weighted by atomic mass is 32.2. The van der Waals surface area contributed by atoms with Gasteiger partial charge in [0.25, 0.3) is 5.91 Å². The van der Waals surface area contributed by atoms with E-state index in [4.69, 9.17) is 10.5 Å². The van der Waals surface area contributed by atoms with E-state index in [0.29, 0.717) is 16.4 Å². The second-order valence-corrected chi connectivity index (χ2v) is 7.84. The number of nitrogens with zero attached hydrogens (tertiary/aromatic N) is 2. The second-order valence-electron chi connectivity index (χ2n) is 5.85. The Morgan fingerprint density at radius 1 is 1.48 bits per heavy atom. The summed E-state index contributed by atoms with van der Waals surface area (Å²) in [4.78, 5) is 52.3. The summed E-state index contributed by atoms with van der Waals surface area (Å²) < 4.78 is 4.87. The van der Waals surface area contributed by atoms with Gasteiger partial charge in [-0.15, -0.1) is 23.1 Å². The lowest BCUT2D eigenvalue weighted by Gasteiger charge is -2.49. The van der Waals surface area contributed by atoms with Crippen LogP contribution in [0.25, 0.3) is 0 Å². The Morgan fingerprint density at radius 2 is 2.22 bits per heavy atom. The van der Waals surface area contributed by atoms with Gasteiger partial charge in [-0.3, -0.25) is 19.3 Å². The molecule has 3 heterocycles. The lowest BCUT2D eigenvalue weighted by Crippen LogP contribution is -2.70. The molecule has 0 aliphatic carbocycles. The minimum Gasteiger partial charge on any atom is -0.477 e. The average molecular weight is 412 g/mol. The number of fused-ring (bicyclic) bond motifs is 1. The number of β-lactam (4-membered cyclic amide) rings is 1. The minimum absolute atomic E-state index is 0.0196. The van der Waals surface area contributed by atoms with Crippen molar-refractivity contribution in [2.24, 2.45) is 0 Å². The van der Waals surface area contributed by atoms with Crippen LogP contribution in [0.1, 0.15) is 12.6 Å². The number of ether oxygens (including phenoxy) is 1. The Balaban J connectivity index is 1.68. The largest absolute Gasteiger partial charge is 0.477 e. The molecule has 2 atom stereocenters. The van der Waals surface area contributed by atoms with Crippen molar-refractivity contribution < 1.29 is 29.0 Å². The molecule has 0 bridgehead atoms. The molecule has 1 aromatic heterocycles. The fourth-order valence-electron chi connectivity index (χ4n) is 2.78. The number of esters is 1. The number of rotatable bonds is 6. The maximum Gasteiger partial charge on any atom is 0.352 e. The first-order valence-electron chi connectivity index (χ1n) is 7.80. The number of nitrogens with two attached hydrogens (primary N) is 1. The molecule has 0 radical (unpaired) electrons. The summed E-state index contributed by atoms with van der Waals surface area (Å²) >= 11 is 2.52. The van der Waals surface area contributed by atoms with E-state index in [1.165, 1.54) is 30.0 Å². The van der Waals surface area contributed by atoms with Crippen molar-refractivity contribution in [3.63, 3.8) is 0 Å². The monoisotopic (exact) mass is 412 g/mol. The number of carbonyl (C=O) groups excluding carboxylic acids is 3. The summed E-state index contributed by atoms with van der Waals surface area (Å²) in [5.41, 5.74) is 6.18. The van der Waals surface area contributed by atoms with Crippen molar-refractivity contribution >= 4 is 52.0 Å². The molecule has 0 saturated carbocycles. The predicted molar refractivity (Wildman–Crippen MR) is 96.5 cm³/mol. The molecule has 27 heavy (non-hydrogen) atoms. The number of carboxylic acid groups (broad SMARTS) is 1. The normalized spacial score (nSPS) is 21.4. The molecule has 2 aliphatic rings. The summed E-state index contributed by atoms with van der Waals surface area (Å²) in [6, 6.07) is -0.817. The van der Waals surface area contributed by atoms with Gasteiger partial charge in [-0.25, -0.2) is 9.78 Å². The van der Waals surface area contributed by atoms with Crippen LogP contribution in [0.5, 0.6) is 0 Å². The van der Waals surface area contributed by atoms with Crippen LogP contribution in [-0.2, 0) is 30.3 Å². The van der Waals surface area contributed by atoms with Gasteiger partial charge in [0.2, 0.25) is 5.91 Å². The van der Waals surface area contributed by atoms with Gasteiger partial charge in [0.15, 0.2) is 5.13 Å². The highest BCUT2D eigenvalue weighted by molar-refractivity contribution is 8.00. The predicted octanol–water partition coefficient (Wildman–Crippen LogP) is -0.430. The van der Waals surface area contributed by atoms with Crippen LogP contribution in [0.2, 0.25) is 0 Å². The van der Waals surface area contributed by atoms with Gasteiger partial charge in [0.1, 0.15) is 23.7 Å². The fraction of sp³-hybridized carbons (Fsp3) is 0.400. The zero-order chi connectivity index (χ0) is 19.7. The van der Waals surface area contributed by atoms with E-state index in [0.717, 1.165) is 4.90 Å². The highest BCUT2D eigenvalue weighted by Crippen LogP contribution is 2.40. The van der Waals surface area contributed by atoms with Gasteiger partial charge in [-0.2, -0.15) is 0 Å². The molecule has 10 nitrogen and oxygen atoms in total. The molecule has 1 aromatic rings. The van der Waals surface area contributed by atoms with Gasteiger partial charge >= 0.3 is 11.9 Å². The number of aromatic nitrogens is 1. The zero-order valence-corrected chi connectivity index (χ0v) is 15.8. The van der Waals surface area contributed by atoms with Gasteiger partial charge in [-0.1, -0.05) is 0 Å². The van der Waals surface area contributed by atoms with Crippen LogP contribution >= 0.6 is 23.1 Å². The number of amides is 2. The van der Waals surface area contributed by atoms with Crippen LogP contribution in [0.3, 0.4) is 0 Å². The number of anilines is 1. The van der Waals surface area contributed by atoms with Crippen molar-refractivity contribution in [3.05, 3.63) is 22.3 Å². The summed E-state index contributed by atoms with van der Waals surface area (Å²) in [6.45, 7) is 1.03. The number of carboxylic acids is 1. The third-order valence-corrected chi connectivity index (χ3v) is 5.99. The first kappa shape index (κ1) is 19.2. The van der Waals surface area contributed by atoms with Gasteiger partial charge in [-0.05, 0) is 0 Å². The SMILES string of the molecule is CC(=O)OCC1=C(C(=O)O)N2C(=O)C(NC(=O)Cc3csc(N)n3)C2SC1. The quantitative estimate of drug-likeness (QED) is 0.417. The molecule has 2 aliphatic heterocycles. The third-order valence-electron chi connectivity index (χ3n) is 3.93. The number of hydrogen-bond acceptors (Lipinski definition) is 9. The first-order valence-corrected chi connectivity index (χ1v) is 9.73. The molecule has 2 unspecified atom stereocenters. The summed E-state index contributed by atoms with van der Waals surface area (Å²) in [5.74, 6) is -2.46. The minimum atomic E-state index is -1.28. The number of thiazole rings is 1. The van der Waals surface area contributed by atoms with Crippen LogP contribution in [-0.4, -0.2) is 62.5 Å². The maximum atomic E-state index is 12.4. The highest BCUT2D eigenvalue weighted by Gasteiger charge is 2.54. The lowest BCUT2D eigenvalue weighted by molar-refractivity contribution is -0.151. The summed E-state index contributed by atoms with van der Waals surface area (Å²) in [6.07, 6.45) is -0.0196. The standard InChI is InChI=1S/C15H16N4O6S2/c1-6(20)25-3-7-4-26-13-10(12(22)19(13)11(7)14(23)24)18-9(21)2-8-5-27-15(16)17-8/h5,10,13H,2-4H2,1H3,(H2,16,17)(H,18,21)(H,23,24). The van der Waals surface area contributed by atoms with E-state index in [2.05, 4.69) is 10.3 Å². The van der Waals surface area contributed by atoms with Gasteiger partial charge in [0, 0.05) is 23.6 Å². The van der Waals surface area contributed by atoms with E-state index >= 15 is 0 Å². The van der Waals surface area contributed by atoms with Gasteiger partial charge in [0.05, 0.1) is 12.1 Å². The molecule has 1 saturated heterocycles. The van der Waals surface area contributed by atoms with Crippen LogP contribution in [0.4, 0.5) is 5.13 Å². The van der Waals surface area contributed by atoms with E-state index in [-0.39, 0.29) is 24.5 Å². The molecular formula is C15H16N4O6S2. The van der Waals surface area contributed by atoms with Crippen molar-refractivity contribution in [2.75, 3.05) is 18.1 Å². The summed E-state index contributed by atoms with van der Waals surface area (Å²) in [5, 5.41) is 13.6. The Morgan fingerprint density at radius 3 is 2.81 bits per heavy atom. The van der Waals surface area contributed by atoms with Crippen LogP contribution < -0.4 is 11.1 Å². The van der Waals surface area contributed by atoms with Crippen LogP contribution in [0.15, 0.2) is 16.7 Å². The van der Waals surface area contributed by atoms with E-state index in [1.807, 2.05) is 0 Å². The molecule has 4 N–H and O–H groups in total. The zero-order valence-electron chi connectivity index (χ0n) is 14.1. The summed E-state index contributed by atoms with van der Waals surface area (Å²) in [7, 11) is 0. The molecule has 0 aromatic carbocycles. The Kier molecular flexibility index (Phi) is 5.37. The molecular weight excluding hydrogens is 396 g/mol. The second kappa shape index (κ2) is 7.56. The Bertz CT molecular complexity index is 851. The molecule has 144 valence electrons. The molecule has 0 spiro atoms. The van der Waals surface area contributed by atoms with Crippen molar-refractivity contribution in [1.82, 2.24) is 15.2 Å². The lowest BCUT2D eigenvalue weighted by atomic mass is 10.0. The van der Waals surface area contributed by atoms with Crippen molar-refractivity contribution in [2.45, 2.75) is 24.8 Å². The topological polar surface area (TPSA) is 152 Å². The number of aliphatic carboxylic acids is 1. The van der Waals surface area contributed by atoms with Crippen molar-refractivity contribution in [3.8, 4) is 0 Å². The third kappa shape index (κ3) is 3.90. The number of thioether (sulfide) groups is 1. The first-order chi connectivity index (χ1) is 12.8.